The Morgan fingerprint density at radius 1 is 1.10 bits per heavy atom. The van der Waals surface area contributed by atoms with Crippen molar-refractivity contribution in [2.45, 2.75) is 44.2 Å². The number of methoxy groups -OCH3 is 1. The van der Waals surface area contributed by atoms with Crippen LogP contribution in [0.25, 0.3) is 0 Å². The fourth-order valence-corrected chi connectivity index (χ4v) is 3.89. The predicted molar refractivity (Wildman–Crippen MR) is 118 cm³/mol. The number of ether oxygens (including phenoxy) is 1. The van der Waals surface area contributed by atoms with Crippen LogP contribution in [0.15, 0.2) is 53.4 Å². The summed E-state index contributed by atoms with van der Waals surface area (Å²) < 4.78 is 5.20. The SMILES string of the molecule is CCC(C(=O)NC)N(Cc1ccc(OC)cc1)C(=O)CCSc1ccc(C)cc1. The Morgan fingerprint density at radius 3 is 2.31 bits per heavy atom. The summed E-state index contributed by atoms with van der Waals surface area (Å²) in [7, 11) is 3.23. The van der Waals surface area contributed by atoms with E-state index in [1.54, 1.807) is 30.8 Å². The average Bonchev–Trinajstić information content (AvgIpc) is 2.75. The van der Waals surface area contributed by atoms with E-state index in [-0.39, 0.29) is 11.8 Å². The summed E-state index contributed by atoms with van der Waals surface area (Å²) in [5.41, 5.74) is 2.18. The largest absolute Gasteiger partial charge is 0.497 e. The molecule has 5 nitrogen and oxygen atoms in total. The van der Waals surface area contributed by atoms with Crippen molar-refractivity contribution < 1.29 is 14.3 Å². The molecule has 2 rings (SSSR count). The van der Waals surface area contributed by atoms with Gasteiger partial charge in [0.05, 0.1) is 7.11 Å². The molecule has 156 valence electrons. The summed E-state index contributed by atoms with van der Waals surface area (Å²) >= 11 is 1.65. The molecule has 1 N–H and O–H groups in total. The molecule has 2 amide bonds. The number of nitrogens with one attached hydrogen (secondary N) is 1. The summed E-state index contributed by atoms with van der Waals surface area (Å²) in [5.74, 6) is 1.28. The van der Waals surface area contributed by atoms with Crippen LogP contribution in [0, 0.1) is 6.92 Å². The lowest BCUT2D eigenvalue weighted by Crippen LogP contribution is -2.48. The van der Waals surface area contributed by atoms with Crippen LogP contribution < -0.4 is 10.1 Å². The molecule has 0 aliphatic carbocycles. The Labute approximate surface area is 177 Å². The molecule has 0 fully saturated rings. The van der Waals surface area contributed by atoms with Gasteiger partial charge in [0.2, 0.25) is 11.8 Å². The van der Waals surface area contributed by atoms with Crippen molar-refractivity contribution in [2.75, 3.05) is 19.9 Å². The number of carbonyl (C=O) groups is 2. The first-order valence-electron chi connectivity index (χ1n) is 9.82. The maximum Gasteiger partial charge on any atom is 0.242 e. The first-order valence-corrected chi connectivity index (χ1v) is 10.8. The number of hydrogen-bond donors (Lipinski definition) is 1. The van der Waals surface area contributed by atoms with E-state index in [0.717, 1.165) is 16.2 Å². The summed E-state index contributed by atoms with van der Waals surface area (Å²) in [5, 5.41) is 2.68. The standard InChI is InChI=1S/C23H30N2O3S/c1-5-21(23(27)24-3)25(16-18-8-10-19(28-4)11-9-18)22(26)14-15-29-20-12-6-17(2)7-13-20/h6-13,21H,5,14-16H2,1-4H3,(H,24,27). The third-order valence-corrected chi connectivity index (χ3v) is 5.76. The molecule has 0 bridgehead atoms. The second-order valence-electron chi connectivity index (χ2n) is 6.82. The van der Waals surface area contributed by atoms with Gasteiger partial charge in [-0.3, -0.25) is 9.59 Å². The van der Waals surface area contributed by atoms with Gasteiger partial charge in [0.1, 0.15) is 11.8 Å². The number of rotatable bonds is 10. The van der Waals surface area contributed by atoms with Crippen LogP contribution in [0.2, 0.25) is 0 Å². The Morgan fingerprint density at radius 2 is 1.76 bits per heavy atom. The van der Waals surface area contributed by atoms with Crippen molar-refractivity contribution in [3.63, 3.8) is 0 Å². The van der Waals surface area contributed by atoms with E-state index in [2.05, 4.69) is 36.5 Å². The number of likely N-dealkylation sites (N-methyl/N-ethyl adjacent to an activating group) is 1. The zero-order chi connectivity index (χ0) is 21.2. The molecule has 1 atom stereocenters. The van der Waals surface area contributed by atoms with Gasteiger partial charge < -0.3 is 15.0 Å². The lowest BCUT2D eigenvalue weighted by molar-refractivity contribution is -0.140. The zero-order valence-electron chi connectivity index (χ0n) is 17.6. The molecule has 29 heavy (non-hydrogen) atoms. The van der Waals surface area contributed by atoms with Gasteiger partial charge in [-0.1, -0.05) is 36.8 Å². The summed E-state index contributed by atoms with van der Waals surface area (Å²) in [6, 6.07) is 15.4. The second-order valence-corrected chi connectivity index (χ2v) is 7.99. The third kappa shape index (κ3) is 6.82. The fraction of sp³-hybridized carbons (Fsp3) is 0.391. The highest BCUT2D eigenvalue weighted by Gasteiger charge is 2.27. The lowest BCUT2D eigenvalue weighted by atomic mass is 10.1. The van der Waals surface area contributed by atoms with Gasteiger partial charge >= 0.3 is 0 Å². The molecule has 1 unspecified atom stereocenters. The van der Waals surface area contributed by atoms with Crippen LogP contribution in [0.1, 0.15) is 30.9 Å². The fourth-order valence-electron chi connectivity index (χ4n) is 3.05. The number of amides is 2. The van der Waals surface area contributed by atoms with Crippen molar-refractivity contribution in [1.82, 2.24) is 10.2 Å². The summed E-state index contributed by atoms with van der Waals surface area (Å²) in [4.78, 5) is 28.3. The highest BCUT2D eigenvalue weighted by molar-refractivity contribution is 7.99. The van der Waals surface area contributed by atoms with E-state index in [9.17, 15) is 9.59 Å². The van der Waals surface area contributed by atoms with Crippen LogP contribution in [-0.2, 0) is 16.1 Å². The van der Waals surface area contributed by atoms with Crippen LogP contribution in [0.4, 0.5) is 0 Å². The van der Waals surface area contributed by atoms with Gasteiger partial charge in [0.15, 0.2) is 0 Å². The van der Waals surface area contributed by atoms with Crippen molar-refractivity contribution in [3.8, 4) is 5.75 Å². The number of aryl methyl sites for hydroxylation is 1. The molecule has 0 radical (unpaired) electrons. The molecule has 2 aromatic carbocycles. The van der Waals surface area contributed by atoms with E-state index in [0.29, 0.717) is 25.1 Å². The van der Waals surface area contributed by atoms with Gasteiger partial charge in [0.25, 0.3) is 0 Å². The van der Waals surface area contributed by atoms with Gasteiger partial charge in [0, 0.05) is 30.7 Å². The van der Waals surface area contributed by atoms with Crippen molar-refractivity contribution in [3.05, 3.63) is 59.7 Å². The topological polar surface area (TPSA) is 58.6 Å². The minimum absolute atomic E-state index is 0.0177. The van der Waals surface area contributed by atoms with Crippen molar-refractivity contribution in [1.29, 1.82) is 0 Å². The van der Waals surface area contributed by atoms with Crippen molar-refractivity contribution in [2.24, 2.45) is 0 Å². The molecular formula is C23H30N2O3S. The molecule has 0 aromatic heterocycles. The summed E-state index contributed by atoms with van der Waals surface area (Å²) in [6.45, 7) is 4.37. The van der Waals surface area contributed by atoms with E-state index < -0.39 is 6.04 Å². The quantitative estimate of drug-likeness (QED) is 0.596. The highest BCUT2D eigenvalue weighted by atomic mass is 32.2. The first kappa shape index (κ1) is 22.8. The molecule has 0 spiro atoms. The van der Waals surface area contributed by atoms with Crippen LogP contribution in [0.3, 0.4) is 0 Å². The molecule has 0 aliphatic heterocycles. The Hall–Kier alpha value is -2.47. The smallest absolute Gasteiger partial charge is 0.242 e. The normalized spacial score (nSPS) is 11.6. The molecular weight excluding hydrogens is 384 g/mol. The van der Waals surface area contributed by atoms with Gasteiger partial charge in [-0.05, 0) is 43.2 Å². The predicted octanol–water partition coefficient (Wildman–Crippen LogP) is 4.04. The molecule has 0 aliphatic rings. The molecule has 0 saturated carbocycles. The summed E-state index contributed by atoms with van der Waals surface area (Å²) in [6.07, 6.45) is 0.939. The van der Waals surface area contributed by atoms with Crippen molar-refractivity contribution >= 4 is 23.6 Å². The first-order chi connectivity index (χ1) is 14.0. The zero-order valence-corrected chi connectivity index (χ0v) is 18.4. The third-order valence-electron chi connectivity index (χ3n) is 4.75. The average molecular weight is 415 g/mol. The Kier molecular flexibility index (Phi) is 9.06. The highest BCUT2D eigenvalue weighted by Crippen LogP contribution is 2.21. The van der Waals surface area contributed by atoms with Crippen LogP contribution in [-0.4, -0.2) is 42.7 Å². The number of benzene rings is 2. The van der Waals surface area contributed by atoms with E-state index in [1.165, 1.54) is 5.56 Å². The van der Waals surface area contributed by atoms with Gasteiger partial charge in [-0.15, -0.1) is 11.8 Å². The van der Waals surface area contributed by atoms with E-state index in [4.69, 9.17) is 4.74 Å². The minimum atomic E-state index is -0.487. The number of hydrogen-bond acceptors (Lipinski definition) is 4. The van der Waals surface area contributed by atoms with Gasteiger partial charge in [-0.2, -0.15) is 0 Å². The Balaban J connectivity index is 2.08. The monoisotopic (exact) mass is 414 g/mol. The number of carbonyl (C=O) groups excluding carboxylic acids is 2. The number of thioether (sulfide) groups is 1. The molecule has 0 heterocycles. The maximum atomic E-state index is 13.0. The molecule has 6 heteroatoms. The maximum absolute atomic E-state index is 13.0. The van der Waals surface area contributed by atoms with Gasteiger partial charge in [-0.25, -0.2) is 0 Å². The molecule has 0 saturated heterocycles. The second kappa shape index (κ2) is 11.5. The lowest BCUT2D eigenvalue weighted by Gasteiger charge is -2.30. The van der Waals surface area contributed by atoms with E-state index in [1.807, 2.05) is 31.2 Å². The van der Waals surface area contributed by atoms with Crippen LogP contribution in [0.5, 0.6) is 5.75 Å². The van der Waals surface area contributed by atoms with Crippen LogP contribution >= 0.6 is 11.8 Å². The Bertz CT molecular complexity index is 791. The minimum Gasteiger partial charge on any atom is -0.497 e. The molecule has 2 aromatic rings. The van der Waals surface area contributed by atoms with E-state index >= 15 is 0 Å². The number of nitrogens with zero attached hydrogens (tertiary/aromatic N) is 1.